The topological polar surface area (TPSA) is 61.8 Å². The Labute approximate surface area is 116 Å². The van der Waals surface area contributed by atoms with Gasteiger partial charge in [-0.1, -0.05) is 0 Å². The van der Waals surface area contributed by atoms with Crippen LogP contribution in [0.15, 0.2) is 34.8 Å². The normalized spacial score (nSPS) is 10.0. The quantitative estimate of drug-likeness (QED) is 0.823. The number of anilines is 3. The molecule has 3 N–H and O–H groups in total. The van der Waals surface area contributed by atoms with Gasteiger partial charge in [0.2, 0.25) is 0 Å². The summed E-state index contributed by atoms with van der Waals surface area (Å²) < 4.78 is 26.7. The lowest BCUT2D eigenvalue weighted by molar-refractivity contribution is 0.622. The zero-order valence-electron chi connectivity index (χ0n) is 9.55. The standard InChI is InChI=1S/C13H8BrF2N3/c14-9-4-13(12(18)5-11(9)16)19-8-1-2-10(15)7(3-8)6-17/h1-5,19H,18H2. The lowest BCUT2D eigenvalue weighted by atomic mass is 10.2. The maximum Gasteiger partial charge on any atom is 0.141 e. The van der Waals surface area contributed by atoms with Gasteiger partial charge in [-0.15, -0.1) is 0 Å². The first-order valence-electron chi connectivity index (χ1n) is 5.22. The first-order chi connectivity index (χ1) is 9.01. The van der Waals surface area contributed by atoms with Gasteiger partial charge in [-0.3, -0.25) is 0 Å². The molecule has 0 saturated carbocycles. The van der Waals surface area contributed by atoms with Crippen molar-refractivity contribution in [1.82, 2.24) is 0 Å². The van der Waals surface area contributed by atoms with Crippen LogP contribution < -0.4 is 11.1 Å². The Hall–Kier alpha value is -2.13. The van der Waals surface area contributed by atoms with Gasteiger partial charge in [-0.25, -0.2) is 8.78 Å². The third-order valence-corrected chi connectivity index (χ3v) is 3.07. The highest BCUT2D eigenvalue weighted by Crippen LogP contribution is 2.29. The number of hydrogen-bond donors (Lipinski definition) is 2. The Morgan fingerprint density at radius 2 is 1.89 bits per heavy atom. The summed E-state index contributed by atoms with van der Waals surface area (Å²) in [5, 5.41) is 11.6. The number of halogens is 3. The molecule has 0 bridgehead atoms. The Kier molecular flexibility index (Phi) is 3.67. The molecule has 19 heavy (non-hydrogen) atoms. The van der Waals surface area contributed by atoms with Crippen LogP contribution in [0.2, 0.25) is 0 Å². The molecule has 0 aromatic heterocycles. The van der Waals surface area contributed by atoms with Crippen LogP contribution in [-0.2, 0) is 0 Å². The van der Waals surface area contributed by atoms with Crippen molar-refractivity contribution in [2.75, 3.05) is 11.1 Å². The largest absolute Gasteiger partial charge is 0.397 e. The number of nitrogen functional groups attached to an aromatic ring is 1. The van der Waals surface area contributed by atoms with Gasteiger partial charge in [0.25, 0.3) is 0 Å². The van der Waals surface area contributed by atoms with E-state index in [9.17, 15) is 8.78 Å². The number of nitrogens with two attached hydrogens (primary N) is 1. The monoisotopic (exact) mass is 323 g/mol. The summed E-state index contributed by atoms with van der Waals surface area (Å²) in [5.74, 6) is -1.07. The van der Waals surface area contributed by atoms with Crippen LogP contribution in [0, 0.1) is 23.0 Å². The Morgan fingerprint density at radius 3 is 2.58 bits per heavy atom. The zero-order chi connectivity index (χ0) is 14.0. The van der Waals surface area contributed by atoms with E-state index in [-0.39, 0.29) is 15.7 Å². The average Bonchev–Trinajstić information content (AvgIpc) is 2.38. The van der Waals surface area contributed by atoms with Crippen molar-refractivity contribution >= 4 is 33.0 Å². The van der Waals surface area contributed by atoms with Gasteiger partial charge in [-0.2, -0.15) is 5.26 Å². The molecule has 0 aliphatic heterocycles. The minimum atomic E-state index is -0.596. The van der Waals surface area contributed by atoms with E-state index in [0.29, 0.717) is 11.4 Å². The molecule has 0 fully saturated rings. The summed E-state index contributed by atoms with van der Waals surface area (Å²) in [6.07, 6.45) is 0. The minimum absolute atomic E-state index is 0.0789. The SMILES string of the molecule is N#Cc1cc(Nc2cc(Br)c(F)cc2N)ccc1F. The molecule has 0 unspecified atom stereocenters. The lowest BCUT2D eigenvalue weighted by Crippen LogP contribution is -1.98. The van der Waals surface area contributed by atoms with Gasteiger partial charge in [0.15, 0.2) is 0 Å². The van der Waals surface area contributed by atoms with E-state index in [1.54, 1.807) is 6.07 Å². The van der Waals surface area contributed by atoms with Gasteiger partial charge in [0.1, 0.15) is 17.7 Å². The van der Waals surface area contributed by atoms with Crippen LogP contribution in [0.5, 0.6) is 0 Å². The highest BCUT2D eigenvalue weighted by molar-refractivity contribution is 9.10. The number of nitrogens with zero attached hydrogens (tertiary/aromatic N) is 1. The van der Waals surface area contributed by atoms with Gasteiger partial charge in [0, 0.05) is 11.8 Å². The molecule has 0 radical (unpaired) electrons. The number of benzene rings is 2. The molecular formula is C13H8BrF2N3. The summed E-state index contributed by atoms with van der Waals surface area (Å²) in [6, 6.07) is 8.38. The first-order valence-corrected chi connectivity index (χ1v) is 6.01. The van der Waals surface area contributed by atoms with Gasteiger partial charge in [-0.05, 0) is 40.2 Å². The van der Waals surface area contributed by atoms with Crippen molar-refractivity contribution < 1.29 is 8.78 Å². The average molecular weight is 324 g/mol. The molecule has 0 atom stereocenters. The molecule has 0 spiro atoms. The van der Waals surface area contributed by atoms with Crippen LogP contribution in [0.1, 0.15) is 5.56 Å². The smallest absolute Gasteiger partial charge is 0.141 e. The van der Waals surface area contributed by atoms with Gasteiger partial charge < -0.3 is 11.1 Å². The van der Waals surface area contributed by atoms with E-state index in [2.05, 4.69) is 21.2 Å². The maximum atomic E-state index is 13.2. The molecule has 3 nitrogen and oxygen atoms in total. The number of nitrogens with one attached hydrogen (secondary N) is 1. The van der Waals surface area contributed by atoms with Crippen LogP contribution in [-0.4, -0.2) is 0 Å². The van der Waals surface area contributed by atoms with Crippen molar-refractivity contribution in [3.05, 3.63) is 52.0 Å². The van der Waals surface area contributed by atoms with E-state index >= 15 is 0 Å². The highest BCUT2D eigenvalue weighted by Gasteiger charge is 2.08. The van der Waals surface area contributed by atoms with E-state index in [0.717, 1.165) is 0 Å². The van der Waals surface area contributed by atoms with Crippen LogP contribution in [0.25, 0.3) is 0 Å². The predicted octanol–water partition coefficient (Wildman–Crippen LogP) is 3.92. The minimum Gasteiger partial charge on any atom is -0.397 e. The number of rotatable bonds is 2. The molecule has 96 valence electrons. The molecule has 0 heterocycles. The predicted molar refractivity (Wildman–Crippen MR) is 72.9 cm³/mol. The summed E-state index contributed by atoms with van der Waals surface area (Å²) in [4.78, 5) is 0. The van der Waals surface area contributed by atoms with Crippen LogP contribution in [0.4, 0.5) is 25.8 Å². The molecule has 0 aliphatic carbocycles. The lowest BCUT2D eigenvalue weighted by Gasteiger charge is -2.10. The van der Waals surface area contributed by atoms with E-state index < -0.39 is 11.6 Å². The second kappa shape index (κ2) is 5.24. The zero-order valence-corrected chi connectivity index (χ0v) is 11.1. The van der Waals surface area contributed by atoms with Crippen molar-refractivity contribution in [2.24, 2.45) is 0 Å². The molecule has 0 saturated heterocycles. The Bertz CT molecular complexity index is 680. The summed E-state index contributed by atoms with van der Waals surface area (Å²) in [7, 11) is 0. The molecular weight excluding hydrogens is 316 g/mol. The fourth-order valence-corrected chi connectivity index (χ4v) is 1.86. The van der Waals surface area contributed by atoms with Crippen molar-refractivity contribution in [1.29, 1.82) is 5.26 Å². The van der Waals surface area contributed by atoms with E-state index in [1.165, 1.54) is 30.3 Å². The highest BCUT2D eigenvalue weighted by atomic mass is 79.9. The maximum absolute atomic E-state index is 13.2. The molecule has 2 aromatic carbocycles. The van der Waals surface area contributed by atoms with E-state index in [4.69, 9.17) is 11.0 Å². The van der Waals surface area contributed by atoms with Crippen molar-refractivity contribution in [3.8, 4) is 6.07 Å². The van der Waals surface area contributed by atoms with Crippen LogP contribution >= 0.6 is 15.9 Å². The fourth-order valence-electron chi connectivity index (χ4n) is 1.51. The van der Waals surface area contributed by atoms with E-state index in [1.807, 2.05) is 0 Å². The van der Waals surface area contributed by atoms with Gasteiger partial charge in [0.05, 0.1) is 21.4 Å². The molecule has 0 aliphatic rings. The second-order valence-electron chi connectivity index (χ2n) is 3.78. The summed E-state index contributed by atoms with van der Waals surface area (Å²) in [6.45, 7) is 0. The van der Waals surface area contributed by atoms with Crippen molar-refractivity contribution in [2.45, 2.75) is 0 Å². The fraction of sp³-hybridized carbons (Fsp3) is 0. The second-order valence-corrected chi connectivity index (χ2v) is 4.64. The summed E-state index contributed by atoms with van der Waals surface area (Å²) in [5.41, 5.74) is 6.76. The van der Waals surface area contributed by atoms with Gasteiger partial charge >= 0.3 is 0 Å². The number of hydrogen-bond acceptors (Lipinski definition) is 3. The summed E-state index contributed by atoms with van der Waals surface area (Å²) >= 11 is 3.05. The van der Waals surface area contributed by atoms with Crippen molar-refractivity contribution in [3.63, 3.8) is 0 Å². The number of nitriles is 1. The first kappa shape index (κ1) is 13.3. The third kappa shape index (κ3) is 2.83. The molecule has 2 aromatic rings. The third-order valence-electron chi connectivity index (χ3n) is 2.46. The Balaban J connectivity index is 2.37. The Morgan fingerprint density at radius 1 is 1.16 bits per heavy atom. The molecule has 0 amide bonds. The molecule has 6 heteroatoms. The van der Waals surface area contributed by atoms with Crippen LogP contribution in [0.3, 0.4) is 0 Å². The molecule has 2 rings (SSSR count).